The molecule has 1 aliphatic carbocycles. The first-order valence-corrected chi connectivity index (χ1v) is 6.87. The Balaban J connectivity index is 1.72. The Morgan fingerprint density at radius 1 is 1.05 bits per heavy atom. The van der Waals surface area contributed by atoms with Gasteiger partial charge in [-0.3, -0.25) is 4.79 Å². The SMILES string of the molecule is O=C(O)c1ccc(C(=O)N2CC3CCC(O)C3C2)cc1. The van der Waals surface area contributed by atoms with Gasteiger partial charge in [-0.25, -0.2) is 4.79 Å². The lowest BCUT2D eigenvalue weighted by Gasteiger charge is -2.18. The highest BCUT2D eigenvalue weighted by molar-refractivity contribution is 5.96. The van der Waals surface area contributed by atoms with Gasteiger partial charge in [-0.05, 0) is 43.0 Å². The monoisotopic (exact) mass is 275 g/mol. The quantitative estimate of drug-likeness (QED) is 0.851. The fourth-order valence-corrected chi connectivity index (χ4v) is 3.34. The highest BCUT2D eigenvalue weighted by Crippen LogP contribution is 2.38. The molecule has 1 aromatic carbocycles. The van der Waals surface area contributed by atoms with Gasteiger partial charge in [-0.15, -0.1) is 0 Å². The molecule has 1 amide bonds. The molecule has 3 rings (SSSR count). The van der Waals surface area contributed by atoms with Crippen molar-refractivity contribution in [1.29, 1.82) is 0 Å². The Bertz CT molecular complexity index is 539. The van der Waals surface area contributed by atoms with Gasteiger partial charge in [0, 0.05) is 24.6 Å². The van der Waals surface area contributed by atoms with E-state index < -0.39 is 5.97 Å². The third kappa shape index (κ3) is 2.18. The molecule has 2 aliphatic rings. The number of benzene rings is 1. The van der Waals surface area contributed by atoms with Crippen LogP contribution >= 0.6 is 0 Å². The number of rotatable bonds is 2. The van der Waals surface area contributed by atoms with Crippen molar-refractivity contribution in [1.82, 2.24) is 4.90 Å². The van der Waals surface area contributed by atoms with Crippen molar-refractivity contribution >= 4 is 11.9 Å². The molecule has 1 saturated carbocycles. The molecule has 3 atom stereocenters. The third-order valence-corrected chi connectivity index (χ3v) is 4.49. The number of carboxylic acids is 1. The number of carbonyl (C=O) groups excluding carboxylic acids is 1. The fraction of sp³-hybridized carbons (Fsp3) is 0.467. The maximum Gasteiger partial charge on any atom is 0.335 e. The first-order valence-electron chi connectivity index (χ1n) is 6.87. The molecule has 1 saturated heterocycles. The summed E-state index contributed by atoms with van der Waals surface area (Å²) in [6, 6.07) is 6.00. The van der Waals surface area contributed by atoms with Crippen LogP contribution in [0.5, 0.6) is 0 Å². The van der Waals surface area contributed by atoms with Crippen LogP contribution in [0.1, 0.15) is 33.6 Å². The molecule has 5 heteroatoms. The smallest absolute Gasteiger partial charge is 0.335 e. The lowest BCUT2D eigenvalue weighted by molar-refractivity contribution is 0.0693. The second kappa shape index (κ2) is 4.90. The Kier molecular flexibility index (Phi) is 3.22. The standard InChI is InChI=1S/C15H17NO4/c17-13-6-5-11-7-16(8-12(11)13)14(18)9-1-3-10(4-2-9)15(19)20/h1-4,11-13,17H,5-8H2,(H,19,20). The second-order valence-electron chi connectivity index (χ2n) is 5.66. The lowest BCUT2D eigenvalue weighted by Crippen LogP contribution is -2.31. The number of carboxylic acid groups (broad SMARTS) is 1. The van der Waals surface area contributed by atoms with E-state index in [9.17, 15) is 14.7 Å². The highest BCUT2D eigenvalue weighted by atomic mass is 16.4. The fourth-order valence-electron chi connectivity index (χ4n) is 3.34. The summed E-state index contributed by atoms with van der Waals surface area (Å²) < 4.78 is 0. The second-order valence-corrected chi connectivity index (χ2v) is 5.66. The molecule has 20 heavy (non-hydrogen) atoms. The predicted octanol–water partition coefficient (Wildman–Crippen LogP) is 1.23. The minimum Gasteiger partial charge on any atom is -0.478 e. The number of likely N-dealkylation sites (tertiary alicyclic amines) is 1. The Morgan fingerprint density at radius 3 is 2.30 bits per heavy atom. The number of hydrogen-bond acceptors (Lipinski definition) is 3. The summed E-state index contributed by atoms with van der Waals surface area (Å²) >= 11 is 0. The Labute approximate surface area is 116 Å². The molecule has 1 aliphatic heterocycles. The van der Waals surface area contributed by atoms with E-state index in [1.54, 1.807) is 17.0 Å². The average Bonchev–Trinajstić information content (AvgIpc) is 3.01. The number of aliphatic hydroxyl groups is 1. The van der Waals surface area contributed by atoms with Gasteiger partial charge in [0.05, 0.1) is 11.7 Å². The van der Waals surface area contributed by atoms with E-state index in [0.29, 0.717) is 24.6 Å². The molecule has 5 nitrogen and oxygen atoms in total. The van der Waals surface area contributed by atoms with E-state index in [2.05, 4.69) is 0 Å². The first kappa shape index (κ1) is 13.1. The number of hydrogen-bond donors (Lipinski definition) is 2. The topological polar surface area (TPSA) is 77.8 Å². The van der Waals surface area contributed by atoms with E-state index in [1.165, 1.54) is 12.1 Å². The van der Waals surface area contributed by atoms with Crippen LogP contribution < -0.4 is 0 Å². The summed E-state index contributed by atoms with van der Waals surface area (Å²) in [7, 11) is 0. The predicted molar refractivity (Wildman–Crippen MR) is 71.5 cm³/mol. The van der Waals surface area contributed by atoms with Crippen molar-refractivity contribution in [2.75, 3.05) is 13.1 Å². The molecular formula is C15H17NO4. The van der Waals surface area contributed by atoms with Crippen molar-refractivity contribution in [2.24, 2.45) is 11.8 Å². The number of nitrogens with zero attached hydrogens (tertiary/aromatic N) is 1. The molecule has 0 spiro atoms. The van der Waals surface area contributed by atoms with Gasteiger partial charge >= 0.3 is 5.97 Å². The van der Waals surface area contributed by atoms with Crippen LogP contribution in [0.2, 0.25) is 0 Å². The number of carbonyl (C=O) groups is 2. The van der Waals surface area contributed by atoms with E-state index in [0.717, 1.165) is 12.8 Å². The van der Waals surface area contributed by atoms with Gasteiger partial charge in [-0.1, -0.05) is 0 Å². The summed E-state index contributed by atoms with van der Waals surface area (Å²) in [6.45, 7) is 1.30. The lowest BCUT2D eigenvalue weighted by atomic mass is 10.00. The number of aliphatic hydroxyl groups excluding tert-OH is 1. The zero-order valence-corrected chi connectivity index (χ0v) is 11.0. The van der Waals surface area contributed by atoms with Crippen LogP contribution in [0.25, 0.3) is 0 Å². The van der Waals surface area contributed by atoms with Crippen LogP contribution in [0, 0.1) is 11.8 Å². The molecule has 1 aromatic rings. The van der Waals surface area contributed by atoms with Crippen LogP contribution in [0.3, 0.4) is 0 Å². The molecule has 3 unspecified atom stereocenters. The average molecular weight is 275 g/mol. The number of fused-ring (bicyclic) bond motifs is 1. The molecule has 0 aromatic heterocycles. The van der Waals surface area contributed by atoms with Crippen LogP contribution in [0.15, 0.2) is 24.3 Å². The van der Waals surface area contributed by atoms with Crippen molar-refractivity contribution in [3.8, 4) is 0 Å². The normalized spacial score (nSPS) is 28.4. The molecule has 1 heterocycles. The van der Waals surface area contributed by atoms with Crippen LogP contribution in [0.4, 0.5) is 0 Å². The highest BCUT2D eigenvalue weighted by Gasteiger charge is 2.43. The Hall–Kier alpha value is -1.88. The van der Waals surface area contributed by atoms with Crippen LogP contribution in [-0.4, -0.2) is 46.2 Å². The molecule has 0 radical (unpaired) electrons. The van der Waals surface area contributed by atoms with E-state index in [-0.39, 0.29) is 23.5 Å². The van der Waals surface area contributed by atoms with Crippen LogP contribution in [-0.2, 0) is 0 Å². The summed E-state index contributed by atoms with van der Waals surface area (Å²) in [5.74, 6) is -0.462. The molecule has 2 fully saturated rings. The zero-order chi connectivity index (χ0) is 14.3. The van der Waals surface area contributed by atoms with Crippen molar-refractivity contribution in [2.45, 2.75) is 18.9 Å². The molecule has 2 N–H and O–H groups in total. The summed E-state index contributed by atoms with van der Waals surface area (Å²) in [5.41, 5.74) is 0.680. The molecule has 106 valence electrons. The van der Waals surface area contributed by atoms with Crippen molar-refractivity contribution < 1.29 is 19.8 Å². The number of aromatic carboxylic acids is 1. The van der Waals surface area contributed by atoms with Gasteiger partial charge in [0.15, 0.2) is 0 Å². The van der Waals surface area contributed by atoms with Gasteiger partial charge in [-0.2, -0.15) is 0 Å². The molecule has 0 bridgehead atoms. The maximum absolute atomic E-state index is 12.4. The largest absolute Gasteiger partial charge is 0.478 e. The first-order chi connectivity index (χ1) is 9.56. The van der Waals surface area contributed by atoms with E-state index in [4.69, 9.17) is 5.11 Å². The summed E-state index contributed by atoms with van der Waals surface area (Å²) in [5, 5.41) is 18.7. The van der Waals surface area contributed by atoms with Crippen molar-refractivity contribution in [3.05, 3.63) is 35.4 Å². The van der Waals surface area contributed by atoms with E-state index >= 15 is 0 Å². The minimum absolute atomic E-state index is 0.0801. The van der Waals surface area contributed by atoms with Gasteiger partial charge in [0.25, 0.3) is 5.91 Å². The minimum atomic E-state index is -0.997. The van der Waals surface area contributed by atoms with Crippen molar-refractivity contribution in [3.63, 3.8) is 0 Å². The molecular weight excluding hydrogens is 258 g/mol. The summed E-state index contributed by atoms with van der Waals surface area (Å²) in [6.07, 6.45) is 1.53. The van der Waals surface area contributed by atoms with Gasteiger partial charge in [0.2, 0.25) is 0 Å². The van der Waals surface area contributed by atoms with E-state index in [1.807, 2.05) is 0 Å². The zero-order valence-electron chi connectivity index (χ0n) is 11.0. The van der Waals surface area contributed by atoms with Gasteiger partial charge < -0.3 is 15.1 Å². The third-order valence-electron chi connectivity index (χ3n) is 4.49. The number of amides is 1. The Morgan fingerprint density at radius 2 is 1.70 bits per heavy atom. The van der Waals surface area contributed by atoms with Gasteiger partial charge in [0.1, 0.15) is 0 Å². The summed E-state index contributed by atoms with van der Waals surface area (Å²) in [4.78, 5) is 24.9. The maximum atomic E-state index is 12.4.